The van der Waals surface area contributed by atoms with Crippen LogP contribution in [0, 0.1) is 11.8 Å². The predicted molar refractivity (Wildman–Crippen MR) is 108 cm³/mol. The van der Waals surface area contributed by atoms with Gasteiger partial charge in [-0.05, 0) is 56.6 Å². The average Bonchev–Trinajstić information content (AvgIpc) is 3.16. The van der Waals surface area contributed by atoms with Crippen molar-refractivity contribution in [2.75, 3.05) is 19.6 Å². The Morgan fingerprint density at radius 2 is 1.96 bits per heavy atom. The molecule has 0 spiro atoms. The minimum atomic E-state index is -0.429. The van der Waals surface area contributed by atoms with Crippen molar-refractivity contribution in [3.8, 4) is 0 Å². The molecule has 2 aliphatic rings. The number of urea groups is 1. The number of hydrogen-bond donors (Lipinski definition) is 3. The van der Waals surface area contributed by atoms with Crippen LogP contribution in [0.1, 0.15) is 50.3 Å². The van der Waals surface area contributed by atoms with E-state index in [4.69, 9.17) is 10.7 Å². The largest absolute Gasteiger partial charge is 0.356 e. The van der Waals surface area contributed by atoms with E-state index in [1.54, 1.807) is 4.90 Å². The van der Waals surface area contributed by atoms with E-state index in [1.807, 2.05) is 18.2 Å². The van der Waals surface area contributed by atoms with Crippen LogP contribution in [0.5, 0.6) is 0 Å². The molecule has 1 aromatic carbocycles. The lowest BCUT2D eigenvalue weighted by Gasteiger charge is -2.32. The third kappa shape index (κ3) is 4.13. The number of amides is 3. The normalized spacial score (nSPS) is 25.6. The highest BCUT2D eigenvalue weighted by molar-refractivity contribution is 5.80. The number of likely N-dealkylation sites (tertiary alicyclic amines) is 1. The first-order valence-electron chi connectivity index (χ1n) is 10.4. The summed E-state index contributed by atoms with van der Waals surface area (Å²) in [5.74, 6) is 2.01. The quantitative estimate of drug-likeness (QED) is 0.756. The number of piperidine rings is 1. The molecule has 3 amide bonds. The number of nitrogens with one attached hydrogen (secondary N) is 2. The predicted octanol–water partition coefficient (Wildman–Crippen LogP) is 2.74. The summed E-state index contributed by atoms with van der Waals surface area (Å²) in [5, 5.41) is 3.12. The number of aromatic amines is 1. The molecule has 2 heterocycles. The van der Waals surface area contributed by atoms with Gasteiger partial charge in [0.05, 0.1) is 17.0 Å². The van der Waals surface area contributed by atoms with E-state index in [2.05, 4.69) is 16.4 Å². The van der Waals surface area contributed by atoms with Crippen molar-refractivity contribution in [1.29, 1.82) is 0 Å². The zero-order valence-corrected chi connectivity index (χ0v) is 16.2. The minimum absolute atomic E-state index is 0.0605. The van der Waals surface area contributed by atoms with Gasteiger partial charge in [0.25, 0.3) is 0 Å². The molecular weight excluding hydrogens is 354 g/mol. The van der Waals surface area contributed by atoms with Crippen LogP contribution in [0.25, 0.3) is 11.0 Å². The number of primary amides is 1. The molecule has 2 aromatic rings. The minimum Gasteiger partial charge on any atom is -0.356 e. The third-order valence-corrected chi connectivity index (χ3v) is 6.31. The molecule has 1 aromatic heterocycles. The topological polar surface area (TPSA) is 104 Å². The molecule has 1 aliphatic carbocycles. The maximum absolute atomic E-state index is 12.5. The van der Waals surface area contributed by atoms with Gasteiger partial charge in [-0.3, -0.25) is 4.79 Å². The number of para-hydroxylation sites is 2. The van der Waals surface area contributed by atoms with Crippen LogP contribution in [0.15, 0.2) is 24.3 Å². The van der Waals surface area contributed by atoms with Crippen molar-refractivity contribution in [1.82, 2.24) is 20.2 Å². The fourth-order valence-electron chi connectivity index (χ4n) is 4.59. The first-order chi connectivity index (χ1) is 13.6. The zero-order valence-electron chi connectivity index (χ0n) is 16.2. The number of nitrogens with two attached hydrogens (primary N) is 1. The fourth-order valence-corrected chi connectivity index (χ4v) is 4.59. The molecule has 2 fully saturated rings. The van der Waals surface area contributed by atoms with Gasteiger partial charge in [-0.2, -0.15) is 0 Å². The molecule has 1 atom stereocenters. The molecule has 4 rings (SSSR count). The third-order valence-electron chi connectivity index (χ3n) is 6.31. The molecule has 7 heteroatoms. The van der Waals surface area contributed by atoms with Crippen molar-refractivity contribution < 1.29 is 9.59 Å². The van der Waals surface area contributed by atoms with E-state index < -0.39 is 6.03 Å². The van der Waals surface area contributed by atoms with E-state index >= 15 is 0 Å². The number of H-pyrrole nitrogens is 1. The van der Waals surface area contributed by atoms with Gasteiger partial charge in [-0.1, -0.05) is 12.1 Å². The Bertz CT molecular complexity index is 807. The van der Waals surface area contributed by atoms with Crippen LogP contribution in [-0.2, 0) is 4.79 Å². The molecule has 7 nitrogen and oxygen atoms in total. The lowest BCUT2D eigenvalue weighted by Crippen LogP contribution is -2.47. The molecular formula is C21H29N5O2. The van der Waals surface area contributed by atoms with Crippen LogP contribution < -0.4 is 11.1 Å². The fraction of sp³-hybridized carbons (Fsp3) is 0.571. The summed E-state index contributed by atoms with van der Waals surface area (Å²) in [7, 11) is 0. The Morgan fingerprint density at radius 3 is 2.71 bits per heavy atom. The molecule has 28 heavy (non-hydrogen) atoms. The van der Waals surface area contributed by atoms with Gasteiger partial charge in [0.15, 0.2) is 0 Å². The zero-order chi connectivity index (χ0) is 19.5. The van der Waals surface area contributed by atoms with Crippen LogP contribution in [0.4, 0.5) is 4.79 Å². The number of imidazole rings is 1. The smallest absolute Gasteiger partial charge is 0.314 e. The molecule has 1 saturated carbocycles. The van der Waals surface area contributed by atoms with E-state index in [9.17, 15) is 9.59 Å². The van der Waals surface area contributed by atoms with Crippen molar-refractivity contribution in [3.05, 3.63) is 30.1 Å². The molecule has 1 saturated heterocycles. The maximum Gasteiger partial charge on any atom is 0.314 e. The van der Waals surface area contributed by atoms with Gasteiger partial charge in [-0.25, -0.2) is 9.78 Å². The maximum atomic E-state index is 12.5. The summed E-state index contributed by atoms with van der Waals surface area (Å²) in [5.41, 5.74) is 7.49. The Kier molecular flexibility index (Phi) is 5.50. The standard InChI is InChI=1S/C21H29N5O2/c22-21(28)26-11-3-4-16(13-26)20(27)23-12-14-7-9-15(10-8-14)19-24-17-5-1-2-6-18(17)25-19/h1-2,5-6,14-16H,3-4,7-13H2,(H2,22,28)(H,23,27)(H,24,25)/t14?,15?,16-/m0/s1. The Labute approximate surface area is 165 Å². The molecule has 0 radical (unpaired) electrons. The molecule has 0 unspecified atom stereocenters. The summed E-state index contributed by atoms with van der Waals surface area (Å²) in [6.07, 6.45) is 6.05. The monoisotopic (exact) mass is 383 g/mol. The Balaban J connectivity index is 1.24. The number of benzene rings is 1. The first kappa shape index (κ1) is 18.8. The van der Waals surface area contributed by atoms with Gasteiger partial charge < -0.3 is 20.9 Å². The molecule has 4 N–H and O–H groups in total. The highest BCUT2D eigenvalue weighted by Crippen LogP contribution is 2.35. The lowest BCUT2D eigenvalue weighted by atomic mass is 9.81. The number of fused-ring (bicyclic) bond motifs is 1. The summed E-state index contributed by atoms with van der Waals surface area (Å²) < 4.78 is 0. The average molecular weight is 383 g/mol. The van der Waals surface area contributed by atoms with E-state index in [0.717, 1.165) is 61.9 Å². The highest BCUT2D eigenvalue weighted by atomic mass is 16.2. The lowest BCUT2D eigenvalue weighted by molar-refractivity contribution is -0.126. The second-order valence-corrected chi connectivity index (χ2v) is 8.23. The number of nitrogens with zero attached hydrogens (tertiary/aromatic N) is 2. The van der Waals surface area contributed by atoms with Gasteiger partial charge in [0, 0.05) is 25.6 Å². The van der Waals surface area contributed by atoms with Crippen molar-refractivity contribution in [2.24, 2.45) is 17.6 Å². The molecule has 150 valence electrons. The van der Waals surface area contributed by atoms with Crippen LogP contribution >= 0.6 is 0 Å². The number of aromatic nitrogens is 2. The summed E-state index contributed by atoms with van der Waals surface area (Å²) in [4.78, 5) is 33.6. The number of carbonyl (C=O) groups excluding carboxylic acids is 2. The van der Waals surface area contributed by atoms with Gasteiger partial charge in [0.2, 0.25) is 5.91 Å². The SMILES string of the molecule is NC(=O)N1CCC[C@H](C(=O)NCC2CCC(c3nc4ccccc4[nH]3)CC2)C1. The van der Waals surface area contributed by atoms with Crippen molar-refractivity contribution in [3.63, 3.8) is 0 Å². The Morgan fingerprint density at radius 1 is 1.18 bits per heavy atom. The second kappa shape index (κ2) is 8.20. The van der Waals surface area contributed by atoms with E-state index in [0.29, 0.717) is 24.9 Å². The van der Waals surface area contributed by atoms with Crippen LogP contribution in [-0.4, -0.2) is 46.4 Å². The molecule has 0 bridgehead atoms. The second-order valence-electron chi connectivity index (χ2n) is 8.23. The van der Waals surface area contributed by atoms with Gasteiger partial charge in [0.1, 0.15) is 5.82 Å². The van der Waals surface area contributed by atoms with Gasteiger partial charge >= 0.3 is 6.03 Å². The number of carbonyl (C=O) groups is 2. The van der Waals surface area contributed by atoms with Crippen LogP contribution in [0.3, 0.4) is 0 Å². The van der Waals surface area contributed by atoms with Crippen LogP contribution in [0.2, 0.25) is 0 Å². The van der Waals surface area contributed by atoms with E-state index in [1.165, 1.54) is 0 Å². The van der Waals surface area contributed by atoms with E-state index in [-0.39, 0.29) is 11.8 Å². The molecule has 1 aliphatic heterocycles. The Hall–Kier alpha value is -2.57. The van der Waals surface area contributed by atoms with Crippen molar-refractivity contribution in [2.45, 2.75) is 44.4 Å². The summed E-state index contributed by atoms with van der Waals surface area (Å²) in [6.45, 7) is 1.82. The summed E-state index contributed by atoms with van der Waals surface area (Å²) in [6, 6.07) is 7.72. The highest BCUT2D eigenvalue weighted by Gasteiger charge is 2.29. The number of hydrogen-bond acceptors (Lipinski definition) is 3. The van der Waals surface area contributed by atoms with Crippen molar-refractivity contribution >= 4 is 23.0 Å². The van der Waals surface area contributed by atoms with Gasteiger partial charge in [-0.15, -0.1) is 0 Å². The summed E-state index contributed by atoms with van der Waals surface area (Å²) >= 11 is 0. The number of rotatable bonds is 4. The first-order valence-corrected chi connectivity index (χ1v) is 10.4.